The molecule has 0 saturated heterocycles. The van der Waals surface area contributed by atoms with Crippen LogP contribution in [0.4, 0.5) is 0 Å². The second-order valence-corrected chi connectivity index (χ2v) is 5.51. The largest absolute Gasteiger partial charge is 0.481 e. The van der Waals surface area contributed by atoms with Gasteiger partial charge in [-0.15, -0.1) is 0 Å². The third-order valence-electron chi connectivity index (χ3n) is 4.12. The summed E-state index contributed by atoms with van der Waals surface area (Å²) in [5, 5.41) is 20.1. The zero-order valence-corrected chi connectivity index (χ0v) is 12.6. The molecular weight excluding hydrogens is 288 g/mol. The van der Waals surface area contributed by atoms with Crippen LogP contribution in [-0.4, -0.2) is 23.8 Å². The number of fused-ring (bicyclic) bond motifs is 1. The lowest BCUT2D eigenvalue weighted by molar-refractivity contribution is -0.136. The van der Waals surface area contributed by atoms with E-state index in [1.54, 1.807) is 0 Å². The topological polar surface area (TPSA) is 73.5 Å². The van der Waals surface area contributed by atoms with E-state index in [0.29, 0.717) is 18.5 Å². The molecule has 1 heterocycles. The number of nitrogens with zero attached hydrogens (tertiary/aromatic N) is 2. The van der Waals surface area contributed by atoms with Gasteiger partial charge in [0.05, 0.1) is 11.6 Å². The molecule has 114 valence electrons. The molecule has 4 nitrogen and oxygen atoms in total. The summed E-state index contributed by atoms with van der Waals surface area (Å²) in [6.07, 6.45) is 3.29. The Kier molecular flexibility index (Phi) is 4.20. The third kappa shape index (κ3) is 3.00. The van der Waals surface area contributed by atoms with Gasteiger partial charge in [-0.1, -0.05) is 35.9 Å². The number of carboxylic acid groups (broad SMARTS) is 1. The van der Waals surface area contributed by atoms with Crippen LogP contribution in [0.1, 0.15) is 30.4 Å². The predicted molar refractivity (Wildman–Crippen MR) is 90.4 cm³/mol. The van der Waals surface area contributed by atoms with E-state index in [-0.39, 0.29) is 6.42 Å². The van der Waals surface area contributed by atoms with Crippen molar-refractivity contribution < 1.29 is 9.90 Å². The van der Waals surface area contributed by atoms with Gasteiger partial charge in [-0.3, -0.25) is 9.79 Å². The maximum atomic E-state index is 10.9. The molecule has 1 N–H and O–H groups in total. The van der Waals surface area contributed by atoms with Crippen molar-refractivity contribution in [2.24, 2.45) is 4.99 Å². The summed E-state index contributed by atoms with van der Waals surface area (Å²) < 4.78 is 0. The lowest BCUT2D eigenvalue weighted by atomic mass is 9.89. The molecule has 0 atom stereocenters. The van der Waals surface area contributed by atoms with Crippen LogP contribution in [0.2, 0.25) is 0 Å². The quantitative estimate of drug-likeness (QED) is 0.933. The van der Waals surface area contributed by atoms with Gasteiger partial charge >= 0.3 is 5.97 Å². The van der Waals surface area contributed by atoms with Crippen molar-refractivity contribution in [3.05, 3.63) is 53.1 Å². The molecule has 0 radical (unpaired) electrons. The molecule has 2 aromatic rings. The molecule has 3 rings (SSSR count). The molecule has 0 spiro atoms. The smallest absolute Gasteiger partial charge is 0.303 e. The number of dihydropyridines is 1. The zero-order chi connectivity index (χ0) is 16.2. The Balaban J connectivity index is 2.16. The normalized spacial score (nSPS) is 14.0. The van der Waals surface area contributed by atoms with Gasteiger partial charge in [0.25, 0.3) is 0 Å². The molecule has 0 saturated carbocycles. The Morgan fingerprint density at radius 3 is 2.74 bits per heavy atom. The fourth-order valence-corrected chi connectivity index (χ4v) is 2.99. The SMILES string of the molecule is N#Cc1ccc(C2=C(CCC(=O)O)CCN=C2)c2ccccc12. The second kappa shape index (κ2) is 6.45. The Labute approximate surface area is 134 Å². The first-order valence-electron chi connectivity index (χ1n) is 7.56. The van der Waals surface area contributed by atoms with Crippen molar-refractivity contribution in [2.45, 2.75) is 19.3 Å². The van der Waals surface area contributed by atoms with Crippen LogP contribution in [0.5, 0.6) is 0 Å². The van der Waals surface area contributed by atoms with Crippen LogP contribution < -0.4 is 0 Å². The van der Waals surface area contributed by atoms with Crippen LogP contribution in [0.15, 0.2) is 47.0 Å². The van der Waals surface area contributed by atoms with E-state index in [1.165, 1.54) is 0 Å². The number of aliphatic imine (C=N–C) groups is 1. The van der Waals surface area contributed by atoms with Gasteiger partial charge in [-0.2, -0.15) is 5.26 Å². The zero-order valence-electron chi connectivity index (χ0n) is 12.6. The van der Waals surface area contributed by atoms with Crippen molar-refractivity contribution in [1.82, 2.24) is 0 Å². The minimum atomic E-state index is -0.788. The first kappa shape index (κ1) is 15.0. The fourth-order valence-electron chi connectivity index (χ4n) is 2.99. The highest BCUT2D eigenvalue weighted by atomic mass is 16.4. The van der Waals surface area contributed by atoms with E-state index in [9.17, 15) is 10.1 Å². The monoisotopic (exact) mass is 304 g/mol. The Hall–Kier alpha value is -2.93. The van der Waals surface area contributed by atoms with E-state index in [0.717, 1.165) is 33.9 Å². The number of rotatable bonds is 4. The lowest BCUT2D eigenvalue weighted by Crippen LogP contribution is -2.05. The molecule has 0 unspecified atom stereocenters. The van der Waals surface area contributed by atoms with Crippen molar-refractivity contribution in [3.63, 3.8) is 0 Å². The molecule has 0 aliphatic carbocycles. The summed E-state index contributed by atoms with van der Waals surface area (Å²) in [4.78, 5) is 15.3. The number of hydrogen-bond acceptors (Lipinski definition) is 3. The molecule has 0 bridgehead atoms. The van der Waals surface area contributed by atoms with Crippen molar-refractivity contribution in [3.8, 4) is 6.07 Å². The van der Waals surface area contributed by atoms with E-state index in [4.69, 9.17) is 5.11 Å². The lowest BCUT2D eigenvalue weighted by Gasteiger charge is -2.17. The first-order valence-corrected chi connectivity index (χ1v) is 7.56. The number of carbonyl (C=O) groups is 1. The highest BCUT2D eigenvalue weighted by molar-refractivity contribution is 6.16. The van der Waals surface area contributed by atoms with E-state index < -0.39 is 5.97 Å². The van der Waals surface area contributed by atoms with Crippen LogP contribution in [0.3, 0.4) is 0 Å². The van der Waals surface area contributed by atoms with Crippen molar-refractivity contribution in [2.75, 3.05) is 6.54 Å². The molecule has 0 amide bonds. The van der Waals surface area contributed by atoms with Crippen LogP contribution in [-0.2, 0) is 4.79 Å². The van der Waals surface area contributed by atoms with E-state index >= 15 is 0 Å². The van der Waals surface area contributed by atoms with Gasteiger partial charge in [-0.05, 0) is 35.4 Å². The molecule has 1 aliphatic rings. The highest BCUT2D eigenvalue weighted by Gasteiger charge is 2.15. The number of nitriles is 1. The molecule has 0 aromatic heterocycles. The Morgan fingerprint density at radius 1 is 1.22 bits per heavy atom. The second-order valence-electron chi connectivity index (χ2n) is 5.51. The maximum absolute atomic E-state index is 10.9. The minimum Gasteiger partial charge on any atom is -0.481 e. The first-order chi connectivity index (χ1) is 11.2. The minimum absolute atomic E-state index is 0.126. The third-order valence-corrected chi connectivity index (χ3v) is 4.12. The Morgan fingerprint density at radius 2 is 2.00 bits per heavy atom. The van der Waals surface area contributed by atoms with Crippen molar-refractivity contribution in [1.29, 1.82) is 5.26 Å². The van der Waals surface area contributed by atoms with Crippen LogP contribution >= 0.6 is 0 Å². The highest BCUT2D eigenvalue weighted by Crippen LogP contribution is 2.32. The summed E-state index contributed by atoms with van der Waals surface area (Å²) in [7, 11) is 0. The summed E-state index contributed by atoms with van der Waals surface area (Å²) >= 11 is 0. The van der Waals surface area contributed by atoms with Gasteiger partial charge < -0.3 is 5.11 Å². The summed E-state index contributed by atoms with van der Waals surface area (Å²) in [6.45, 7) is 0.701. The Bertz CT molecular complexity index is 873. The molecule has 1 aliphatic heterocycles. The molecular formula is C19H16N2O2. The standard InChI is InChI=1S/C19H16N2O2/c20-11-14-5-7-17(16-4-2-1-3-15(14)16)18-12-21-10-9-13(18)6-8-19(22)23/h1-5,7,12H,6,8-10H2,(H,22,23). The number of carboxylic acids is 1. The van der Waals surface area contributed by atoms with E-state index in [1.807, 2.05) is 42.6 Å². The number of allylic oxidation sites excluding steroid dienone is 1. The van der Waals surface area contributed by atoms with Crippen molar-refractivity contribution >= 4 is 28.5 Å². The van der Waals surface area contributed by atoms with Gasteiger partial charge in [0.1, 0.15) is 0 Å². The van der Waals surface area contributed by atoms with Gasteiger partial charge in [-0.25, -0.2) is 0 Å². The average Bonchev–Trinajstić information content (AvgIpc) is 2.59. The van der Waals surface area contributed by atoms with Gasteiger partial charge in [0.2, 0.25) is 0 Å². The van der Waals surface area contributed by atoms with Gasteiger partial charge in [0, 0.05) is 24.6 Å². The van der Waals surface area contributed by atoms with Gasteiger partial charge in [0.15, 0.2) is 0 Å². The molecule has 23 heavy (non-hydrogen) atoms. The maximum Gasteiger partial charge on any atom is 0.303 e. The molecule has 2 aromatic carbocycles. The molecule has 4 heteroatoms. The number of aliphatic carboxylic acids is 1. The number of hydrogen-bond donors (Lipinski definition) is 1. The average molecular weight is 304 g/mol. The molecule has 0 fully saturated rings. The van der Waals surface area contributed by atoms with E-state index in [2.05, 4.69) is 11.1 Å². The van der Waals surface area contributed by atoms with Crippen LogP contribution in [0, 0.1) is 11.3 Å². The summed E-state index contributed by atoms with van der Waals surface area (Å²) in [5.74, 6) is -0.788. The predicted octanol–water partition coefficient (Wildman–Crippen LogP) is 3.80. The summed E-state index contributed by atoms with van der Waals surface area (Å²) in [5.41, 5.74) is 3.78. The number of benzene rings is 2. The van der Waals surface area contributed by atoms with Crippen LogP contribution in [0.25, 0.3) is 16.3 Å². The summed E-state index contributed by atoms with van der Waals surface area (Å²) in [6, 6.07) is 13.8. The fraction of sp³-hybridized carbons (Fsp3) is 0.211.